The first-order chi connectivity index (χ1) is 9.18. The van der Waals surface area contributed by atoms with E-state index in [4.69, 9.17) is 18.0 Å². The smallest absolute Gasteiger partial charge is 0.135 e. The van der Waals surface area contributed by atoms with E-state index in [9.17, 15) is 4.39 Å². The van der Waals surface area contributed by atoms with Gasteiger partial charge in [0.25, 0.3) is 0 Å². The zero-order chi connectivity index (χ0) is 13.4. The molecule has 5 heteroatoms. The van der Waals surface area contributed by atoms with Gasteiger partial charge >= 0.3 is 0 Å². The average molecular weight is 271 g/mol. The van der Waals surface area contributed by atoms with Gasteiger partial charge in [-0.3, -0.25) is 0 Å². The highest BCUT2D eigenvalue weighted by Crippen LogP contribution is 2.22. The minimum atomic E-state index is -0.440. The second-order valence-corrected chi connectivity index (χ2v) is 4.55. The Bertz CT molecular complexity index is 779. The van der Waals surface area contributed by atoms with Crippen LogP contribution in [-0.2, 0) is 0 Å². The lowest BCUT2D eigenvalue weighted by atomic mass is 10.1. The van der Waals surface area contributed by atoms with Crippen molar-refractivity contribution in [2.24, 2.45) is 5.73 Å². The molecule has 0 aliphatic rings. The highest BCUT2D eigenvalue weighted by molar-refractivity contribution is 7.80. The van der Waals surface area contributed by atoms with Crippen LogP contribution in [0.4, 0.5) is 4.39 Å². The maximum atomic E-state index is 13.9. The Morgan fingerprint density at radius 2 is 1.95 bits per heavy atom. The molecule has 3 rings (SSSR count). The topological polar surface area (TPSA) is 43.8 Å². The molecule has 2 N–H and O–H groups in total. The van der Waals surface area contributed by atoms with Crippen molar-refractivity contribution in [1.82, 2.24) is 9.78 Å². The summed E-state index contributed by atoms with van der Waals surface area (Å²) in [6, 6.07) is 12.4. The summed E-state index contributed by atoms with van der Waals surface area (Å²) in [5.41, 5.74) is 7.26. The molecule has 0 saturated heterocycles. The van der Waals surface area contributed by atoms with Crippen LogP contribution in [0.15, 0.2) is 48.7 Å². The lowest BCUT2D eigenvalue weighted by molar-refractivity contribution is 0.623. The minimum Gasteiger partial charge on any atom is -0.389 e. The van der Waals surface area contributed by atoms with E-state index in [1.807, 2.05) is 24.3 Å². The van der Waals surface area contributed by atoms with E-state index < -0.39 is 5.82 Å². The predicted molar refractivity (Wildman–Crippen MR) is 76.9 cm³/mol. The number of thiocarbonyl (C=S) groups is 1. The van der Waals surface area contributed by atoms with Gasteiger partial charge in [0.05, 0.1) is 23.0 Å². The summed E-state index contributed by atoms with van der Waals surface area (Å²) in [5.74, 6) is -0.440. The van der Waals surface area contributed by atoms with Crippen LogP contribution in [-0.4, -0.2) is 14.8 Å². The zero-order valence-corrected chi connectivity index (χ0v) is 10.7. The van der Waals surface area contributed by atoms with Gasteiger partial charge in [-0.2, -0.15) is 5.10 Å². The molecule has 0 spiro atoms. The molecule has 0 aliphatic carbocycles. The predicted octanol–water partition coefficient (Wildman–Crippen LogP) is 2.80. The number of fused-ring (bicyclic) bond motifs is 1. The maximum absolute atomic E-state index is 13.9. The van der Waals surface area contributed by atoms with Gasteiger partial charge in [-0.1, -0.05) is 36.5 Å². The summed E-state index contributed by atoms with van der Waals surface area (Å²) in [4.78, 5) is 0.0210. The fourth-order valence-electron chi connectivity index (χ4n) is 2.10. The molecular weight excluding hydrogens is 261 g/mol. The van der Waals surface area contributed by atoms with Crippen molar-refractivity contribution < 1.29 is 4.39 Å². The van der Waals surface area contributed by atoms with E-state index in [1.54, 1.807) is 23.0 Å². The number of nitrogens with zero attached hydrogens (tertiary/aromatic N) is 2. The minimum absolute atomic E-state index is 0.0210. The third kappa shape index (κ3) is 1.88. The number of benzene rings is 2. The highest BCUT2D eigenvalue weighted by atomic mass is 32.1. The summed E-state index contributed by atoms with van der Waals surface area (Å²) in [7, 11) is 0. The Kier molecular flexibility index (Phi) is 2.76. The van der Waals surface area contributed by atoms with Crippen molar-refractivity contribution in [2.45, 2.75) is 0 Å². The largest absolute Gasteiger partial charge is 0.389 e. The lowest BCUT2D eigenvalue weighted by Crippen LogP contribution is -2.16. The summed E-state index contributed by atoms with van der Waals surface area (Å²) < 4.78 is 15.5. The maximum Gasteiger partial charge on any atom is 0.135 e. The SMILES string of the molecule is NC(=S)c1c(F)cccc1-n1ncc2ccccc21. The molecule has 0 fully saturated rings. The summed E-state index contributed by atoms with van der Waals surface area (Å²) in [6.07, 6.45) is 1.73. The van der Waals surface area contributed by atoms with Crippen molar-refractivity contribution in [3.05, 3.63) is 60.0 Å². The fourth-order valence-corrected chi connectivity index (χ4v) is 2.30. The van der Waals surface area contributed by atoms with E-state index in [2.05, 4.69) is 5.10 Å². The normalized spacial score (nSPS) is 10.8. The van der Waals surface area contributed by atoms with Gasteiger partial charge < -0.3 is 5.73 Å². The van der Waals surface area contributed by atoms with Crippen molar-refractivity contribution in [3.63, 3.8) is 0 Å². The standard InChI is InChI=1S/C14H10FN3S/c15-10-5-3-7-12(13(10)14(16)19)18-11-6-2-1-4-9(11)8-17-18/h1-8H,(H2,16,19). The number of para-hydroxylation sites is 1. The van der Waals surface area contributed by atoms with E-state index >= 15 is 0 Å². The highest BCUT2D eigenvalue weighted by Gasteiger charge is 2.14. The third-order valence-corrected chi connectivity index (χ3v) is 3.15. The van der Waals surface area contributed by atoms with Crippen molar-refractivity contribution >= 4 is 28.1 Å². The van der Waals surface area contributed by atoms with E-state index in [1.165, 1.54) is 6.07 Å². The molecule has 94 valence electrons. The molecule has 19 heavy (non-hydrogen) atoms. The first-order valence-corrected chi connectivity index (χ1v) is 6.11. The Balaban J connectivity index is 2.33. The molecule has 3 aromatic rings. The molecule has 0 aliphatic heterocycles. The fraction of sp³-hybridized carbons (Fsp3) is 0. The van der Waals surface area contributed by atoms with Gasteiger partial charge in [0.2, 0.25) is 0 Å². The van der Waals surface area contributed by atoms with Gasteiger partial charge in [0, 0.05) is 5.39 Å². The third-order valence-electron chi connectivity index (χ3n) is 2.94. The second-order valence-electron chi connectivity index (χ2n) is 4.11. The zero-order valence-electron chi connectivity index (χ0n) is 9.88. The van der Waals surface area contributed by atoms with Crippen molar-refractivity contribution in [1.29, 1.82) is 0 Å². The quantitative estimate of drug-likeness (QED) is 0.729. The van der Waals surface area contributed by atoms with Crippen LogP contribution in [0.1, 0.15) is 5.56 Å². The summed E-state index contributed by atoms with van der Waals surface area (Å²) >= 11 is 4.93. The first kappa shape index (κ1) is 11.8. The van der Waals surface area contributed by atoms with Crippen molar-refractivity contribution in [3.8, 4) is 5.69 Å². The van der Waals surface area contributed by atoms with Gasteiger partial charge in [0.15, 0.2) is 0 Å². The van der Waals surface area contributed by atoms with Crippen LogP contribution in [0.5, 0.6) is 0 Å². The van der Waals surface area contributed by atoms with Crippen molar-refractivity contribution in [2.75, 3.05) is 0 Å². The number of rotatable bonds is 2. The Labute approximate surface area is 114 Å². The molecule has 0 atom stereocenters. The molecule has 0 unspecified atom stereocenters. The monoisotopic (exact) mass is 271 g/mol. The number of aromatic nitrogens is 2. The van der Waals surface area contributed by atoms with Crippen LogP contribution in [0, 0.1) is 5.82 Å². The Morgan fingerprint density at radius 1 is 1.16 bits per heavy atom. The van der Waals surface area contributed by atoms with E-state index in [-0.39, 0.29) is 10.6 Å². The van der Waals surface area contributed by atoms with Gasteiger partial charge in [-0.05, 0) is 18.2 Å². The molecule has 0 saturated carbocycles. The molecule has 0 bridgehead atoms. The van der Waals surface area contributed by atoms with Crippen LogP contribution in [0.25, 0.3) is 16.6 Å². The number of halogens is 1. The molecule has 3 nitrogen and oxygen atoms in total. The van der Waals surface area contributed by atoms with Crippen LogP contribution < -0.4 is 5.73 Å². The average Bonchev–Trinajstić information content (AvgIpc) is 2.81. The van der Waals surface area contributed by atoms with Gasteiger partial charge in [-0.15, -0.1) is 0 Å². The lowest BCUT2D eigenvalue weighted by Gasteiger charge is -2.10. The Morgan fingerprint density at radius 3 is 2.74 bits per heavy atom. The summed E-state index contributed by atoms with van der Waals surface area (Å²) in [5, 5.41) is 5.26. The molecule has 0 radical (unpaired) electrons. The Hall–Kier alpha value is -2.27. The molecule has 0 amide bonds. The van der Waals surface area contributed by atoms with Crippen LogP contribution in [0.2, 0.25) is 0 Å². The van der Waals surface area contributed by atoms with Crippen LogP contribution in [0.3, 0.4) is 0 Å². The molecule has 1 aromatic heterocycles. The van der Waals surface area contributed by atoms with Crippen LogP contribution >= 0.6 is 12.2 Å². The molecule has 2 aromatic carbocycles. The van der Waals surface area contributed by atoms with E-state index in [0.29, 0.717) is 5.69 Å². The van der Waals surface area contributed by atoms with E-state index in [0.717, 1.165) is 10.9 Å². The number of hydrogen-bond donors (Lipinski definition) is 1. The molecular formula is C14H10FN3S. The molecule has 1 heterocycles. The number of hydrogen-bond acceptors (Lipinski definition) is 2. The number of nitrogens with two attached hydrogens (primary N) is 1. The second kappa shape index (κ2) is 4.44. The van der Waals surface area contributed by atoms with Gasteiger partial charge in [0.1, 0.15) is 10.8 Å². The first-order valence-electron chi connectivity index (χ1n) is 5.70. The summed E-state index contributed by atoms with van der Waals surface area (Å²) in [6.45, 7) is 0. The van der Waals surface area contributed by atoms with Gasteiger partial charge in [-0.25, -0.2) is 9.07 Å².